The Hall–Kier alpha value is -1.31. The van der Waals surface area contributed by atoms with Gasteiger partial charge in [-0.15, -0.1) is 0 Å². The maximum atomic E-state index is 3.98. The van der Waals surface area contributed by atoms with Crippen molar-refractivity contribution in [2.45, 2.75) is 13.8 Å². The van der Waals surface area contributed by atoms with E-state index in [0.717, 1.165) is 16.9 Å². The highest BCUT2D eigenvalue weighted by Crippen LogP contribution is 2.12. The average molecular weight is 148 g/mol. The highest BCUT2D eigenvalue weighted by molar-refractivity contribution is 5.51. The molecule has 0 radical (unpaired) electrons. The van der Waals surface area contributed by atoms with Crippen molar-refractivity contribution in [1.29, 1.82) is 0 Å². The van der Waals surface area contributed by atoms with E-state index in [1.54, 1.807) is 6.20 Å². The van der Waals surface area contributed by atoms with Gasteiger partial charge in [-0.3, -0.25) is 4.98 Å². The molecule has 58 valence electrons. The molecule has 11 heavy (non-hydrogen) atoms. The second-order valence-electron chi connectivity index (χ2n) is 2.60. The summed E-state index contributed by atoms with van der Waals surface area (Å²) in [6.07, 6.45) is 3.59. The predicted molar refractivity (Wildman–Crippen MR) is 47.4 cm³/mol. The molecule has 2 nitrogen and oxygen atoms in total. The van der Waals surface area contributed by atoms with Crippen molar-refractivity contribution in [2.75, 3.05) is 5.32 Å². The molecule has 2 heteroatoms. The second kappa shape index (κ2) is 3.19. The Morgan fingerprint density at radius 2 is 2.36 bits per heavy atom. The Morgan fingerprint density at radius 1 is 1.64 bits per heavy atom. The molecule has 0 aromatic carbocycles. The first kappa shape index (κ1) is 7.79. The number of aromatic nitrogens is 1. The molecular formula is C9H12N2. The molecule has 1 aromatic heterocycles. The highest BCUT2D eigenvalue weighted by atomic mass is 14.9. The third-order valence-electron chi connectivity index (χ3n) is 1.37. The summed E-state index contributed by atoms with van der Waals surface area (Å²) >= 11 is 0. The summed E-state index contributed by atoms with van der Waals surface area (Å²) in [6, 6.07) is 1.93. The quantitative estimate of drug-likeness (QED) is 0.696. The van der Waals surface area contributed by atoms with Crippen LogP contribution in [0.2, 0.25) is 0 Å². The number of anilines is 1. The summed E-state index contributed by atoms with van der Waals surface area (Å²) < 4.78 is 0. The van der Waals surface area contributed by atoms with E-state index in [4.69, 9.17) is 0 Å². The fourth-order valence-corrected chi connectivity index (χ4v) is 0.844. The van der Waals surface area contributed by atoms with E-state index in [2.05, 4.69) is 16.9 Å². The lowest BCUT2D eigenvalue weighted by Crippen LogP contribution is -1.95. The van der Waals surface area contributed by atoms with Gasteiger partial charge in [0.2, 0.25) is 0 Å². The number of aryl methyl sites for hydroxylation is 1. The molecule has 0 unspecified atom stereocenters. The zero-order valence-corrected chi connectivity index (χ0v) is 6.89. The van der Waals surface area contributed by atoms with Gasteiger partial charge < -0.3 is 5.32 Å². The van der Waals surface area contributed by atoms with Crippen molar-refractivity contribution in [1.82, 2.24) is 4.98 Å². The highest BCUT2D eigenvalue weighted by Gasteiger charge is 1.94. The minimum absolute atomic E-state index is 0.944. The van der Waals surface area contributed by atoms with Gasteiger partial charge in [0.15, 0.2) is 0 Å². The summed E-state index contributed by atoms with van der Waals surface area (Å²) in [4.78, 5) is 3.98. The van der Waals surface area contributed by atoms with E-state index in [1.165, 1.54) is 0 Å². The van der Waals surface area contributed by atoms with Crippen LogP contribution in [0.1, 0.15) is 12.5 Å². The lowest BCUT2D eigenvalue weighted by molar-refractivity contribution is 1.25. The molecule has 1 rings (SSSR count). The van der Waals surface area contributed by atoms with E-state index < -0.39 is 0 Å². The number of allylic oxidation sites excluding steroid dienone is 1. The second-order valence-corrected chi connectivity index (χ2v) is 2.60. The van der Waals surface area contributed by atoms with Gasteiger partial charge in [-0.1, -0.05) is 6.58 Å². The van der Waals surface area contributed by atoms with Crippen LogP contribution in [0.5, 0.6) is 0 Å². The number of rotatable bonds is 2. The Kier molecular flexibility index (Phi) is 2.26. The van der Waals surface area contributed by atoms with Crippen LogP contribution in [0.4, 0.5) is 5.69 Å². The molecule has 0 aliphatic carbocycles. The molecule has 0 aliphatic heterocycles. The minimum atomic E-state index is 0.944. The maximum absolute atomic E-state index is 3.98. The molecule has 0 amide bonds. The normalized spacial score (nSPS) is 9.27. The number of hydrogen-bond donors (Lipinski definition) is 1. The zero-order chi connectivity index (χ0) is 8.27. The summed E-state index contributed by atoms with van der Waals surface area (Å²) in [7, 11) is 0. The van der Waals surface area contributed by atoms with Gasteiger partial charge >= 0.3 is 0 Å². The first-order valence-corrected chi connectivity index (χ1v) is 3.53. The Labute approximate surface area is 67.0 Å². The van der Waals surface area contributed by atoms with Crippen molar-refractivity contribution < 1.29 is 0 Å². The molecule has 0 bridgehead atoms. The largest absolute Gasteiger partial charge is 0.359 e. The van der Waals surface area contributed by atoms with Crippen LogP contribution in [-0.2, 0) is 0 Å². The van der Waals surface area contributed by atoms with E-state index in [-0.39, 0.29) is 0 Å². The molecule has 1 heterocycles. The maximum Gasteiger partial charge on any atom is 0.0442 e. The van der Waals surface area contributed by atoms with Gasteiger partial charge in [-0.25, -0.2) is 0 Å². The number of hydrogen-bond acceptors (Lipinski definition) is 2. The van der Waals surface area contributed by atoms with Gasteiger partial charge in [0.05, 0.1) is 0 Å². The number of pyridine rings is 1. The lowest BCUT2D eigenvalue weighted by atomic mass is 10.2. The van der Waals surface area contributed by atoms with E-state index in [0.29, 0.717) is 0 Å². The van der Waals surface area contributed by atoms with E-state index in [9.17, 15) is 0 Å². The van der Waals surface area contributed by atoms with Crippen molar-refractivity contribution in [2.24, 2.45) is 0 Å². The monoisotopic (exact) mass is 148 g/mol. The topological polar surface area (TPSA) is 24.9 Å². The molecular weight excluding hydrogens is 136 g/mol. The van der Waals surface area contributed by atoms with E-state index in [1.807, 2.05) is 26.1 Å². The van der Waals surface area contributed by atoms with Crippen LogP contribution in [0.25, 0.3) is 0 Å². The number of nitrogens with one attached hydrogen (secondary N) is 1. The van der Waals surface area contributed by atoms with Crippen LogP contribution in [0.15, 0.2) is 30.7 Å². The molecule has 0 aliphatic rings. The fourth-order valence-electron chi connectivity index (χ4n) is 0.844. The molecule has 0 saturated carbocycles. The fraction of sp³-hybridized carbons (Fsp3) is 0.222. The van der Waals surface area contributed by atoms with Crippen LogP contribution >= 0.6 is 0 Å². The molecule has 1 aromatic rings. The third kappa shape index (κ3) is 2.08. The molecule has 0 saturated heterocycles. The first-order valence-electron chi connectivity index (χ1n) is 3.53. The standard InChI is InChI=1S/C9H12N2/c1-7(2)11-9-4-5-10-6-8(9)3/h4-6H,1H2,2-3H3,(H,10,11). The van der Waals surface area contributed by atoms with Crippen LogP contribution < -0.4 is 5.32 Å². The predicted octanol–water partition coefficient (Wildman–Crippen LogP) is 2.34. The Balaban J connectivity index is 2.86. The van der Waals surface area contributed by atoms with Gasteiger partial charge in [-0.05, 0) is 25.5 Å². The van der Waals surface area contributed by atoms with Gasteiger partial charge in [0.25, 0.3) is 0 Å². The van der Waals surface area contributed by atoms with Gasteiger partial charge in [0.1, 0.15) is 0 Å². The lowest BCUT2D eigenvalue weighted by Gasteiger charge is -2.06. The van der Waals surface area contributed by atoms with Crippen LogP contribution in [0, 0.1) is 6.92 Å². The van der Waals surface area contributed by atoms with E-state index >= 15 is 0 Å². The summed E-state index contributed by atoms with van der Waals surface area (Å²) in [5, 5.41) is 3.14. The van der Waals surface area contributed by atoms with Crippen molar-refractivity contribution >= 4 is 5.69 Å². The zero-order valence-electron chi connectivity index (χ0n) is 6.89. The van der Waals surface area contributed by atoms with Crippen molar-refractivity contribution in [3.05, 3.63) is 36.3 Å². The third-order valence-corrected chi connectivity index (χ3v) is 1.37. The molecule has 0 atom stereocenters. The smallest absolute Gasteiger partial charge is 0.0442 e. The van der Waals surface area contributed by atoms with Crippen LogP contribution in [-0.4, -0.2) is 4.98 Å². The SMILES string of the molecule is C=C(C)Nc1ccncc1C. The molecule has 0 fully saturated rings. The Bertz CT molecular complexity index is 266. The average Bonchev–Trinajstić information content (AvgIpc) is 1.93. The number of nitrogens with zero attached hydrogens (tertiary/aromatic N) is 1. The first-order chi connectivity index (χ1) is 5.20. The van der Waals surface area contributed by atoms with Crippen LogP contribution in [0.3, 0.4) is 0 Å². The molecule has 1 N–H and O–H groups in total. The van der Waals surface area contributed by atoms with Crippen molar-refractivity contribution in [3.63, 3.8) is 0 Å². The Morgan fingerprint density at radius 3 is 2.91 bits per heavy atom. The minimum Gasteiger partial charge on any atom is -0.359 e. The summed E-state index contributed by atoms with van der Waals surface area (Å²) in [5.41, 5.74) is 3.15. The summed E-state index contributed by atoms with van der Waals surface area (Å²) in [5.74, 6) is 0. The molecule has 0 spiro atoms. The van der Waals surface area contributed by atoms with Crippen molar-refractivity contribution in [3.8, 4) is 0 Å². The summed E-state index contributed by atoms with van der Waals surface area (Å²) in [6.45, 7) is 7.70. The van der Waals surface area contributed by atoms with Gasteiger partial charge in [-0.2, -0.15) is 0 Å². The van der Waals surface area contributed by atoms with Gasteiger partial charge in [0, 0.05) is 23.8 Å².